The number of thiophene rings is 1. The second-order valence-corrected chi connectivity index (χ2v) is 6.60. The van der Waals surface area contributed by atoms with Gasteiger partial charge in [-0.1, -0.05) is 0 Å². The Kier molecular flexibility index (Phi) is 4.38. The maximum Gasteiger partial charge on any atom is 0.252 e. The van der Waals surface area contributed by atoms with Gasteiger partial charge in [-0.3, -0.25) is 9.69 Å². The van der Waals surface area contributed by atoms with Crippen molar-refractivity contribution >= 4 is 17.2 Å². The molecule has 2 aliphatic rings. The molecule has 1 aliphatic heterocycles. The summed E-state index contributed by atoms with van der Waals surface area (Å²) in [6.45, 7) is 2.18. The second kappa shape index (κ2) is 6.24. The second-order valence-electron chi connectivity index (χ2n) is 5.82. The standard InChI is InChI=1S/C15H22N2O2S/c18-14-12(16-15(19)11-6-9-20-10-11)4-3-5-13(14)17-7-1-2-8-17/h6,9-10,12-14,18H,1-5,7-8H2,(H,16,19)/t12-,13-,14-/m1/s1. The number of carbonyl (C=O) groups is 1. The van der Waals surface area contributed by atoms with Gasteiger partial charge in [0.15, 0.2) is 0 Å². The van der Waals surface area contributed by atoms with Crippen molar-refractivity contribution in [3.63, 3.8) is 0 Å². The lowest BCUT2D eigenvalue weighted by Gasteiger charge is -2.40. The predicted octanol–water partition coefficient (Wildman–Crippen LogP) is 1.86. The van der Waals surface area contributed by atoms with Gasteiger partial charge in [0.25, 0.3) is 5.91 Å². The SMILES string of the molecule is O=C(N[C@@H]1CCC[C@@H](N2CCCC2)[C@@H]1O)c1ccsc1. The highest BCUT2D eigenvalue weighted by Crippen LogP contribution is 2.26. The first kappa shape index (κ1) is 14.0. The smallest absolute Gasteiger partial charge is 0.252 e. The van der Waals surface area contributed by atoms with Crippen molar-refractivity contribution in [2.75, 3.05) is 13.1 Å². The van der Waals surface area contributed by atoms with Gasteiger partial charge in [-0.05, 0) is 56.6 Å². The Bertz CT molecular complexity index is 443. The van der Waals surface area contributed by atoms with E-state index in [1.54, 1.807) is 0 Å². The predicted molar refractivity (Wildman–Crippen MR) is 80.0 cm³/mol. The van der Waals surface area contributed by atoms with Crippen LogP contribution in [-0.4, -0.2) is 47.2 Å². The van der Waals surface area contributed by atoms with Gasteiger partial charge >= 0.3 is 0 Å². The molecule has 1 amide bonds. The summed E-state index contributed by atoms with van der Waals surface area (Å²) in [5.41, 5.74) is 0.700. The Morgan fingerprint density at radius 2 is 2.10 bits per heavy atom. The van der Waals surface area contributed by atoms with Gasteiger partial charge < -0.3 is 10.4 Å². The molecule has 0 radical (unpaired) electrons. The summed E-state index contributed by atoms with van der Waals surface area (Å²) >= 11 is 1.52. The fraction of sp³-hybridized carbons (Fsp3) is 0.667. The molecule has 3 atom stereocenters. The van der Waals surface area contributed by atoms with Crippen LogP contribution in [-0.2, 0) is 0 Å². The van der Waals surface area contributed by atoms with Crippen LogP contribution in [0.3, 0.4) is 0 Å². The molecule has 2 fully saturated rings. The van der Waals surface area contributed by atoms with Gasteiger partial charge in [-0.15, -0.1) is 0 Å². The minimum Gasteiger partial charge on any atom is -0.389 e. The van der Waals surface area contributed by atoms with E-state index in [2.05, 4.69) is 10.2 Å². The third kappa shape index (κ3) is 2.90. The number of amides is 1. The minimum atomic E-state index is -0.440. The van der Waals surface area contributed by atoms with E-state index in [0.29, 0.717) is 5.56 Å². The molecule has 20 heavy (non-hydrogen) atoms. The molecule has 3 rings (SSSR count). The summed E-state index contributed by atoms with van der Waals surface area (Å²) in [5.74, 6) is -0.0580. The third-order valence-electron chi connectivity index (χ3n) is 4.53. The lowest BCUT2D eigenvalue weighted by molar-refractivity contribution is 0.00704. The summed E-state index contributed by atoms with van der Waals surface area (Å²) in [5, 5.41) is 17.3. The van der Waals surface area contributed by atoms with E-state index < -0.39 is 6.10 Å². The quantitative estimate of drug-likeness (QED) is 0.894. The normalized spacial score (nSPS) is 31.4. The molecule has 4 nitrogen and oxygen atoms in total. The molecule has 1 saturated carbocycles. The zero-order valence-corrected chi connectivity index (χ0v) is 12.4. The number of rotatable bonds is 3. The van der Waals surface area contributed by atoms with Crippen LogP contribution >= 0.6 is 11.3 Å². The number of nitrogens with one attached hydrogen (secondary N) is 1. The summed E-state index contributed by atoms with van der Waals surface area (Å²) in [6.07, 6.45) is 5.02. The lowest BCUT2D eigenvalue weighted by atomic mass is 9.87. The van der Waals surface area contributed by atoms with Crippen LogP contribution < -0.4 is 5.32 Å². The van der Waals surface area contributed by atoms with Crippen LogP contribution in [0.5, 0.6) is 0 Å². The van der Waals surface area contributed by atoms with E-state index in [1.807, 2.05) is 16.8 Å². The van der Waals surface area contributed by atoms with Crippen molar-refractivity contribution in [3.05, 3.63) is 22.4 Å². The first-order valence-corrected chi connectivity index (χ1v) is 8.45. The van der Waals surface area contributed by atoms with Crippen LogP contribution in [0.4, 0.5) is 0 Å². The highest BCUT2D eigenvalue weighted by Gasteiger charge is 2.37. The maximum atomic E-state index is 12.1. The Morgan fingerprint density at radius 1 is 1.30 bits per heavy atom. The minimum absolute atomic E-state index is 0.0580. The third-order valence-corrected chi connectivity index (χ3v) is 5.21. The Labute approximate surface area is 123 Å². The van der Waals surface area contributed by atoms with E-state index in [-0.39, 0.29) is 18.0 Å². The number of likely N-dealkylation sites (tertiary alicyclic amines) is 1. The molecule has 0 unspecified atom stereocenters. The molecule has 1 aromatic rings. The average molecular weight is 294 g/mol. The van der Waals surface area contributed by atoms with Gasteiger partial charge in [0.1, 0.15) is 0 Å². The molecular formula is C15H22N2O2S. The molecular weight excluding hydrogens is 272 g/mol. The van der Waals surface area contributed by atoms with Gasteiger partial charge in [0, 0.05) is 17.0 Å². The highest BCUT2D eigenvalue weighted by atomic mass is 32.1. The maximum absolute atomic E-state index is 12.1. The van der Waals surface area contributed by atoms with Crippen LogP contribution in [0.15, 0.2) is 16.8 Å². The van der Waals surface area contributed by atoms with Crippen LogP contribution in [0.2, 0.25) is 0 Å². The first-order chi connectivity index (χ1) is 9.75. The monoisotopic (exact) mass is 294 g/mol. The first-order valence-electron chi connectivity index (χ1n) is 7.51. The van der Waals surface area contributed by atoms with Gasteiger partial charge in [-0.25, -0.2) is 0 Å². The topological polar surface area (TPSA) is 52.6 Å². The van der Waals surface area contributed by atoms with Crippen LogP contribution in [0.1, 0.15) is 42.5 Å². The molecule has 1 aliphatic carbocycles. The van der Waals surface area contributed by atoms with Crippen molar-refractivity contribution < 1.29 is 9.90 Å². The molecule has 0 bridgehead atoms. The molecule has 5 heteroatoms. The Morgan fingerprint density at radius 3 is 2.80 bits per heavy atom. The number of nitrogens with zero attached hydrogens (tertiary/aromatic N) is 1. The van der Waals surface area contributed by atoms with E-state index >= 15 is 0 Å². The van der Waals surface area contributed by atoms with Crippen LogP contribution in [0.25, 0.3) is 0 Å². The van der Waals surface area contributed by atoms with Crippen LogP contribution in [0, 0.1) is 0 Å². The molecule has 2 N–H and O–H groups in total. The van der Waals surface area contributed by atoms with E-state index in [9.17, 15) is 9.90 Å². The molecule has 110 valence electrons. The fourth-order valence-electron chi connectivity index (χ4n) is 3.43. The Hall–Kier alpha value is -0.910. The molecule has 1 saturated heterocycles. The summed E-state index contributed by atoms with van der Waals surface area (Å²) in [4.78, 5) is 14.5. The van der Waals surface area contributed by atoms with Crippen molar-refractivity contribution in [2.45, 2.75) is 50.3 Å². The largest absolute Gasteiger partial charge is 0.389 e. The van der Waals surface area contributed by atoms with Gasteiger partial charge in [-0.2, -0.15) is 11.3 Å². The highest BCUT2D eigenvalue weighted by molar-refractivity contribution is 7.08. The molecule has 0 aromatic carbocycles. The molecule has 0 spiro atoms. The van der Waals surface area contributed by atoms with Crippen molar-refractivity contribution in [3.8, 4) is 0 Å². The molecule has 1 aromatic heterocycles. The summed E-state index contributed by atoms with van der Waals surface area (Å²) in [6, 6.07) is 1.94. The number of hydrogen-bond acceptors (Lipinski definition) is 4. The summed E-state index contributed by atoms with van der Waals surface area (Å²) in [7, 11) is 0. The van der Waals surface area contributed by atoms with E-state index in [4.69, 9.17) is 0 Å². The number of aliphatic hydroxyl groups is 1. The van der Waals surface area contributed by atoms with Gasteiger partial charge in [0.05, 0.1) is 12.1 Å². The zero-order valence-electron chi connectivity index (χ0n) is 11.6. The lowest BCUT2D eigenvalue weighted by Crippen LogP contribution is -2.56. The van der Waals surface area contributed by atoms with Crippen molar-refractivity contribution in [1.29, 1.82) is 0 Å². The molecule has 2 heterocycles. The number of hydrogen-bond donors (Lipinski definition) is 2. The Balaban J connectivity index is 1.62. The number of carbonyl (C=O) groups excluding carboxylic acids is 1. The van der Waals surface area contributed by atoms with Gasteiger partial charge in [0.2, 0.25) is 0 Å². The zero-order chi connectivity index (χ0) is 13.9. The van der Waals surface area contributed by atoms with Crippen molar-refractivity contribution in [1.82, 2.24) is 10.2 Å². The number of aliphatic hydroxyl groups excluding tert-OH is 1. The summed E-state index contributed by atoms with van der Waals surface area (Å²) < 4.78 is 0. The van der Waals surface area contributed by atoms with E-state index in [1.165, 1.54) is 24.2 Å². The average Bonchev–Trinajstić information content (AvgIpc) is 3.14. The fourth-order valence-corrected chi connectivity index (χ4v) is 4.07. The van der Waals surface area contributed by atoms with Crippen molar-refractivity contribution in [2.24, 2.45) is 0 Å². The van der Waals surface area contributed by atoms with E-state index in [0.717, 1.165) is 32.4 Å².